The van der Waals surface area contributed by atoms with Gasteiger partial charge in [-0.1, -0.05) is 30.5 Å². The fourth-order valence-corrected chi connectivity index (χ4v) is 9.42. The van der Waals surface area contributed by atoms with Crippen LogP contribution in [0.1, 0.15) is 72.9 Å². The quantitative estimate of drug-likeness (QED) is 0.380. The summed E-state index contributed by atoms with van der Waals surface area (Å²) in [6, 6.07) is 11.6. The van der Waals surface area contributed by atoms with Crippen molar-refractivity contribution in [2.75, 3.05) is 44.6 Å². The maximum atomic E-state index is 14.0. The molecular weight excluding hydrogens is 614 g/mol. The Kier molecular flexibility index (Phi) is 10.1. The standard InChI is InChI=1S/C34H46ClN3O6S/c1-42-16-14-31(39)36-45(41)17-7-3-4-9-30(43-2)32-27-20-34(27,32)22-38-21-25-10-12-26(35)18-23(25)8-5-6-15-44-29-13-11-24(19-28(29)38)33(40)37-45/h10-13,18-19,27,30-32,39H,3-9,14-17,20-22H2,1-2H3,(H,36,37,40,41)/t27?,30-,31?,32-,34?,45?/m0/s1. The third-order valence-corrected chi connectivity index (χ3v) is 12.3. The molecule has 2 aliphatic carbocycles. The summed E-state index contributed by atoms with van der Waals surface area (Å²) in [5.74, 6) is 1.46. The van der Waals surface area contributed by atoms with E-state index in [1.807, 2.05) is 25.3 Å². The highest BCUT2D eigenvalue weighted by Crippen LogP contribution is 2.81. The average molecular weight is 660 g/mol. The fraction of sp³-hybridized carbons (Fsp3) is 0.618. The molecule has 2 bridgehead atoms. The van der Waals surface area contributed by atoms with E-state index in [1.54, 1.807) is 13.2 Å². The Bertz CT molecular complexity index is 1510. The van der Waals surface area contributed by atoms with Crippen LogP contribution in [0.3, 0.4) is 0 Å². The summed E-state index contributed by atoms with van der Waals surface area (Å²) in [5.41, 5.74) is 3.83. The van der Waals surface area contributed by atoms with E-state index in [1.165, 1.54) is 17.5 Å². The number of benzene rings is 2. The van der Waals surface area contributed by atoms with Gasteiger partial charge in [0.2, 0.25) is 0 Å². The van der Waals surface area contributed by atoms with Gasteiger partial charge in [0.05, 0.1) is 18.4 Å². The molecule has 1 spiro atoms. The number of carbonyl (C=O) groups excluding carboxylic acids is 1. The van der Waals surface area contributed by atoms with Gasteiger partial charge in [0.15, 0.2) is 0 Å². The molecule has 0 aromatic heterocycles. The zero-order chi connectivity index (χ0) is 31.6. The Morgan fingerprint density at radius 2 is 2.02 bits per heavy atom. The minimum Gasteiger partial charge on any atom is -0.491 e. The lowest BCUT2D eigenvalue weighted by molar-refractivity contribution is 0.0510. The fourth-order valence-electron chi connectivity index (χ4n) is 7.45. The summed E-state index contributed by atoms with van der Waals surface area (Å²) in [6.07, 6.45) is 6.61. The van der Waals surface area contributed by atoms with Crippen LogP contribution in [0.4, 0.5) is 5.69 Å². The third kappa shape index (κ3) is 7.36. The van der Waals surface area contributed by atoms with Crippen molar-refractivity contribution in [2.24, 2.45) is 21.6 Å². The first kappa shape index (κ1) is 32.7. The molecule has 2 aromatic rings. The number of ether oxygens (including phenoxy) is 3. The molecule has 6 atom stereocenters. The smallest absolute Gasteiger partial charge is 0.286 e. The molecule has 246 valence electrons. The minimum atomic E-state index is -3.25. The highest BCUT2D eigenvalue weighted by molar-refractivity contribution is 7.92. The highest BCUT2D eigenvalue weighted by Gasteiger charge is 2.80. The summed E-state index contributed by atoms with van der Waals surface area (Å²) in [5, 5.41) is 11.3. The van der Waals surface area contributed by atoms with Crippen LogP contribution in [-0.4, -0.2) is 67.3 Å². The SMILES string of the molecule is COCCC(O)NS1(=O)=NC(=O)c2ccc3c(c2)N(Cc2ccc(Cl)cc2CCCCO3)CC23CC2[C@H]3[C@@H](OC)CCCCC1. The first-order valence-electron chi connectivity index (χ1n) is 16.3. The van der Waals surface area contributed by atoms with E-state index in [0.717, 1.165) is 61.5 Å². The molecular formula is C34H46ClN3O6S. The molecule has 9 nitrogen and oxygen atoms in total. The van der Waals surface area contributed by atoms with E-state index >= 15 is 0 Å². The Morgan fingerprint density at radius 3 is 2.82 bits per heavy atom. The number of methoxy groups -OCH3 is 2. The minimum absolute atomic E-state index is 0.163. The second-order valence-corrected chi connectivity index (χ2v) is 15.7. The molecule has 1 amide bonds. The predicted octanol–water partition coefficient (Wildman–Crippen LogP) is 5.75. The molecule has 45 heavy (non-hydrogen) atoms. The molecule has 2 aliphatic heterocycles. The van der Waals surface area contributed by atoms with Crippen LogP contribution in [-0.2, 0) is 32.4 Å². The van der Waals surface area contributed by atoms with Crippen LogP contribution < -0.4 is 14.4 Å². The van der Waals surface area contributed by atoms with Crippen LogP contribution in [0.25, 0.3) is 0 Å². The largest absolute Gasteiger partial charge is 0.491 e. The van der Waals surface area contributed by atoms with E-state index in [-0.39, 0.29) is 30.3 Å². The lowest BCUT2D eigenvalue weighted by atomic mass is 9.94. The van der Waals surface area contributed by atoms with Crippen molar-refractivity contribution in [3.8, 4) is 5.75 Å². The van der Waals surface area contributed by atoms with Gasteiger partial charge in [-0.05, 0) is 97.2 Å². The van der Waals surface area contributed by atoms with Gasteiger partial charge in [-0.15, -0.1) is 4.36 Å². The zero-order valence-corrected chi connectivity index (χ0v) is 27.9. The number of carbonyl (C=O) groups is 1. The molecule has 2 aromatic carbocycles. The number of nitrogens with zero attached hydrogens (tertiary/aromatic N) is 2. The van der Waals surface area contributed by atoms with Crippen molar-refractivity contribution >= 4 is 33.1 Å². The van der Waals surface area contributed by atoms with Gasteiger partial charge in [-0.3, -0.25) is 4.79 Å². The number of amides is 1. The molecule has 6 rings (SSSR count). The monoisotopic (exact) mass is 659 g/mol. The molecule has 11 heteroatoms. The van der Waals surface area contributed by atoms with Gasteiger partial charge >= 0.3 is 0 Å². The lowest BCUT2D eigenvalue weighted by Gasteiger charge is -2.31. The van der Waals surface area contributed by atoms with Gasteiger partial charge in [0.25, 0.3) is 5.91 Å². The van der Waals surface area contributed by atoms with Gasteiger partial charge in [-0.2, -0.15) is 0 Å². The first-order valence-corrected chi connectivity index (χ1v) is 18.4. The maximum absolute atomic E-state index is 14.0. The van der Waals surface area contributed by atoms with Gasteiger partial charge in [0.1, 0.15) is 21.9 Å². The van der Waals surface area contributed by atoms with E-state index in [4.69, 9.17) is 25.8 Å². The topological polar surface area (TPSA) is 110 Å². The van der Waals surface area contributed by atoms with Crippen molar-refractivity contribution in [2.45, 2.75) is 76.7 Å². The summed E-state index contributed by atoms with van der Waals surface area (Å²) in [4.78, 5) is 16.1. The number of nitrogens with one attached hydrogen (secondary N) is 1. The van der Waals surface area contributed by atoms with Crippen molar-refractivity contribution in [3.63, 3.8) is 0 Å². The molecule has 0 radical (unpaired) electrons. The molecule has 4 unspecified atom stereocenters. The number of rotatable bonds is 6. The van der Waals surface area contributed by atoms with Crippen LogP contribution in [0, 0.1) is 17.3 Å². The van der Waals surface area contributed by atoms with Crippen molar-refractivity contribution in [1.82, 2.24) is 4.72 Å². The summed E-state index contributed by atoms with van der Waals surface area (Å²) in [6.45, 7) is 2.34. The Hall–Kier alpha value is -2.21. The Balaban J connectivity index is 1.41. The van der Waals surface area contributed by atoms with Crippen LogP contribution in [0.15, 0.2) is 40.8 Å². The zero-order valence-electron chi connectivity index (χ0n) is 26.3. The summed E-state index contributed by atoms with van der Waals surface area (Å²) < 4.78 is 38.6. The second kappa shape index (κ2) is 13.9. The molecule has 0 saturated heterocycles. The van der Waals surface area contributed by atoms with E-state index in [2.05, 4.69) is 26.1 Å². The van der Waals surface area contributed by atoms with E-state index < -0.39 is 22.1 Å². The maximum Gasteiger partial charge on any atom is 0.286 e. The predicted molar refractivity (Wildman–Crippen MR) is 176 cm³/mol. The number of fused-ring (bicyclic) bond motifs is 3. The van der Waals surface area contributed by atoms with Crippen molar-refractivity contribution in [3.05, 3.63) is 58.1 Å². The summed E-state index contributed by atoms with van der Waals surface area (Å²) in [7, 11) is 0.115. The number of halogens is 1. The second-order valence-electron chi connectivity index (χ2n) is 13.1. The number of hydrogen-bond acceptors (Lipinski definition) is 7. The normalized spacial score (nSPS) is 30.8. The highest BCUT2D eigenvalue weighted by atomic mass is 35.5. The molecule has 2 saturated carbocycles. The number of anilines is 1. The van der Waals surface area contributed by atoms with Crippen LogP contribution in [0.5, 0.6) is 5.75 Å². The Labute approximate surface area is 272 Å². The third-order valence-electron chi connectivity index (χ3n) is 10.1. The molecule has 2 N–H and O–H groups in total. The summed E-state index contributed by atoms with van der Waals surface area (Å²) >= 11 is 6.45. The van der Waals surface area contributed by atoms with Gasteiger partial charge in [0, 0.05) is 56.7 Å². The van der Waals surface area contributed by atoms with Gasteiger partial charge < -0.3 is 24.2 Å². The van der Waals surface area contributed by atoms with Crippen molar-refractivity contribution < 1.29 is 28.3 Å². The molecule has 2 fully saturated rings. The molecule has 4 aliphatic rings. The average Bonchev–Trinajstić information content (AvgIpc) is 3.89. The van der Waals surface area contributed by atoms with Crippen LogP contribution in [0.2, 0.25) is 5.02 Å². The molecule has 2 heterocycles. The van der Waals surface area contributed by atoms with Crippen LogP contribution >= 0.6 is 11.6 Å². The Morgan fingerprint density at radius 1 is 1.16 bits per heavy atom. The lowest BCUT2D eigenvalue weighted by Crippen LogP contribution is -2.37. The van der Waals surface area contributed by atoms with Crippen molar-refractivity contribution in [1.29, 1.82) is 0 Å². The van der Waals surface area contributed by atoms with E-state index in [0.29, 0.717) is 37.0 Å². The van der Waals surface area contributed by atoms with Gasteiger partial charge in [-0.25, -0.2) is 8.93 Å². The number of aryl methyl sites for hydroxylation is 1. The first-order chi connectivity index (χ1) is 21.7. The number of aliphatic hydroxyl groups is 1. The number of aliphatic hydroxyl groups excluding tert-OH is 1. The van der Waals surface area contributed by atoms with E-state index in [9.17, 15) is 14.1 Å². The number of hydrogen-bond donors (Lipinski definition) is 2.